The smallest absolute Gasteiger partial charge is 0.240 e. The molecule has 0 radical (unpaired) electrons. The van der Waals surface area contributed by atoms with E-state index in [1.54, 1.807) is 0 Å². The Morgan fingerprint density at radius 3 is 2.87 bits per heavy atom. The molecule has 3 heterocycles. The van der Waals surface area contributed by atoms with Crippen LogP contribution >= 0.6 is 0 Å². The number of pyridine rings is 1. The first kappa shape index (κ1) is 16.2. The standard InChI is InChI=1S/C17H26N4O2/c1-12-4-3-5-15(19-12)21-9-6-14(7-10-21)20-17(22)16-13(2)23-11-8-18-16/h3-5,13-14,16,18H,6-11H2,1-2H3,(H,20,22)/t13-,16+/m1/s1. The Morgan fingerprint density at radius 2 is 2.17 bits per heavy atom. The second-order valence-corrected chi connectivity index (χ2v) is 6.41. The molecule has 0 spiro atoms. The zero-order valence-electron chi connectivity index (χ0n) is 13.9. The number of aryl methyl sites for hydroxylation is 1. The van der Waals surface area contributed by atoms with Crippen LogP contribution in [0.25, 0.3) is 0 Å². The molecule has 1 aromatic heterocycles. The van der Waals surface area contributed by atoms with Gasteiger partial charge in [-0.05, 0) is 38.8 Å². The number of morpholine rings is 1. The fraction of sp³-hybridized carbons (Fsp3) is 0.647. The third-order valence-corrected chi connectivity index (χ3v) is 4.64. The molecule has 3 rings (SSSR count). The number of piperidine rings is 1. The van der Waals surface area contributed by atoms with Gasteiger partial charge in [-0.25, -0.2) is 4.98 Å². The van der Waals surface area contributed by atoms with Gasteiger partial charge in [-0.15, -0.1) is 0 Å². The number of rotatable bonds is 3. The maximum atomic E-state index is 12.4. The van der Waals surface area contributed by atoms with E-state index in [1.807, 2.05) is 26.0 Å². The van der Waals surface area contributed by atoms with E-state index in [9.17, 15) is 4.79 Å². The molecule has 6 heteroatoms. The molecule has 126 valence electrons. The summed E-state index contributed by atoms with van der Waals surface area (Å²) in [5, 5.41) is 6.42. The first-order chi connectivity index (χ1) is 11.1. The minimum atomic E-state index is -0.236. The van der Waals surface area contributed by atoms with E-state index in [-0.39, 0.29) is 24.1 Å². The summed E-state index contributed by atoms with van der Waals surface area (Å²) < 4.78 is 5.55. The van der Waals surface area contributed by atoms with Crippen molar-refractivity contribution in [2.45, 2.75) is 44.9 Å². The van der Waals surface area contributed by atoms with E-state index < -0.39 is 0 Å². The van der Waals surface area contributed by atoms with E-state index in [4.69, 9.17) is 4.74 Å². The molecule has 0 unspecified atom stereocenters. The summed E-state index contributed by atoms with van der Waals surface area (Å²) in [6.45, 7) is 7.21. The van der Waals surface area contributed by atoms with Gasteiger partial charge in [0.25, 0.3) is 0 Å². The highest BCUT2D eigenvalue weighted by Gasteiger charge is 2.30. The van der Waals surface area contributed by atoms with Crippen LogP contribution in [0.2, 0.25) is 0 Å². The molecule has 1 aromatic rings. The summed E-state index contributed by atoms with van der Waals surface area (Å²) in [5.41, 5.74) is 1.04. The first-order valence-corrected chi connectivity index (χ1v) is 8.47. The predicted molar refractivity (Wildman–Crippen MR) is 89.6 cm³/mol. The molecule has 2 aliphatic rings. The molecule has 1 amide bonds. The number of hydrogen-bond donors (Lipinski definition) is 2. The molecule has 0 bridgehead atoms. The second kappa shape index (κ2) is 7.27. The molecular formula is C17H26N4O2. The number of aromatic nitrogens is 1. The van der Waals surface area contributed by atoms with E-state index in [1.165, 1.54) is 0 Å². The lowest BCUT2D eigenvalue weighted by atomic mass is 10.0. The lowest BCUT2D eigenvalue weighted by molar-refractivity contribution is -0.129. The van der Waals surface area contributed by atoms with E-state index in [2.05, 4.69) is 26.6 Å². The van der Waals surface area contributed by atoms with Gasteiger partial charge in [0.15, 0.2) is 0 Å². The molecule has 0 aliphatic carbocycles. The van der Waals surface area contributed by atoms with Crippen LogP contribution in [0.15, 0.2) is 18.2 Å². The number of ether oxygens (including phenoxy) is 1. The number of carbonyl (C=O) groups excluding carboxylic acids is 1. The molecule has 0 saturated carbocycles. The monoisotopic (exact) mass is 318 g/mol. The quantitative estimate of drug-likeness (QED) is 0.865. The molecule has 2 aliphatic heterocycles. The normalized spacial score (nSPS) is 26.1. The van der Waals surface area contributed by atoms with Crippen molar-refractivity contribution in [3.63, 3.8) is 0 Å². The van der Waals surface area contributed by atoms with Gasteiger partial charge in [-0.2, -0.15) is 0 Å². The van der Waals surface area contributed by atoms with E-state index in [0.717, 1.165) is 44.0 Å². The van der Waals surface area contributed by atoms with E-state index >= 15 is 0 Å². The van der Waals surface area contributed by atoms with Crippen LogP contribution in [0.4, 0.5) is 5.82 Å². The summed E-state index contributed by atoms with van der Waals surface area (Å²) in [5.74, 6) is 1.09. The van der Waals surface area contributed by atoms with Crippen LogP contribution < -0.4 is 15.5 Å². The number of anilines is 1. The Morgan fingerprint density at radius 1 is 1.39 bits per heavy atom. The summed E-state index contributed by atoms with van der Waals surface area (Å²) in [7, 11) is 0. The van der Waals surface area contributed by atoms with Gasteiger partial charge in [-0.1, -0.05) is 6.07 Å². The number of carbonyl (C=O) groups is 1. The van der Waals surface area contributed by atoms with Crippen molar-refractivity contribution in [1.82, 2.24) is 15.6 Å². The zero-order valence-corrected chi connectivity index (χ0v) is 13.9. The van der Waals surface area contributed by atoms with Crippen LogP contribution in [-0.4, -0.2) is 55.3 Å². The van der Waals surface area contributed by atoms with Crippen molar-refractivity contribution in [3.8, 4) is 0 Å². The van der Waals surface area contributed by atoms with Crippen molar-refractivity contribution in [2.75, 3.05) is 31.1 Å². The Bertz CT molecular complexity index is 543. The topological polar surface area (TPSA) is 66.5 Å². The Balaban J connectivity index is 1.50. The summed E-state index contributed by atoms with van der Waals surface area (Å²) in [6, 6.07) is 6.11. The molecule has 2 N–H and O–H groups in total. The zero-order chi connectivity index (χ0) is 16.2. The highest BCUT2D eigenvalue weighted by molar-refractivity contribution is 5.82. The summed E-state index contributed by atoms with van der Waals surface area (Å²) in [6.07, 6.45) is 1.83. The van der Waals surface area contributed by atoms with Gasteiger partial charge in [0.1, 0.15) is 11.9 Å². The third kappa shape index (κ3) is 4.00. The Labute approximate surface area is 137 Å². The van der Waals surface area contributed by atoms with Crippen LogP contribution in [0, 0.1) is 6.92 Å². The average Bonchev–Trinajstić information content (AvgIpc) is 2.56. The Hall–Kier alpha value is -1.66. The van der Waals surface area contributed by atoms with E-state index in [0.29, 0.717) is 6.61 Å². The molecule has 23 heavy (non-hydrogen) atoms. The molecule has 6 nitrogen and oxygen atoms in total. The predicted octanol–water partition coefficient (Wildman–Crippen LogP) is 0.852. The summed E-state index contributed by atoms with van der Waals surface area (Å²) in [4.78, 5) is 19.3. The molecule has 2 saturated heterocycles. The lowest BCUT2D eigenvalue weighted by Crippen LogP contribution is -2.58. The highest BCUT2D eigenvalue weighted by atomic mass is 16.5. The largest absolute Gasteiger partial charge is 0.375 e. The number of hydrogen-bond acceptors (Lipinski definition) is 5. The number of nitrogens with one attached hydrogen (secondary N) is 2. The van der Waals surface area contributed by atoms with Crippen LogP contribution in [-0.2, 0) is 9.53 Å². The first-order valence-electron chi connectivity index (χ1n) is 8.47. The van der Waals surface area contributed by atoms with Crippen molar-refractivity contribution in [1.29, 1.82) is 0 Å². The fourth-order valence-corrected chi connectivity index (χ4v) is 3.28. The van der Waals surface area contributed by atoms with Crippen molar-refractivity contribution in [2.24, 2.45) is 0 Å². The van der Waals surface area contributed by atoms with Crippen LogP contribution in [0.3, 0.4) is 0 Å². The Kier molecular flexibility index (Phi) is 5.13. The number of nitrogens with zero attached hydrogens (tertiary/aromatic N) is 2. The third-order valence-electron chi connectivity index (χ3n) is 4.64. The summed E-state index contributed by atoms with van der Waals surface area (Å²) >= 11 is 0. The maximum Gasteiger partial charge on any atom is 0.240 e. The van der Waals surface area contributed by atoms with Gasteiger partial charge < -0.3 is 20.3 Å². The minimum Gasteiger partial charge on any atom is -0.375 e. The van der Waals surface area contributed by atoms with Gasteiger partial charge in [0.2, 0.25) is 5.91 Å². The van der Waals surface area contributed by atoms with Crippen LogP contribution in [0.5, 0.6) is 0 Å². The SMILES string of the molecule is Cc1cccc(N2CCC(NC(=O)[C@H]3NCCO[C@@H]3C)CC2)n1. The lowest BCUT2D eigenvalue weighted by Gasteiger charge is -2.35. The maximum absolute atomic E-state index is 12.4. The van der Waals surface area contributed by atoms with Gasteiger partial charge in [0.05, 0.1) is 12.7 Å². The second-order valence-electron chi connectivity index (χ2n) is 6.41. The van der Waals surface area contributed by atoms with Crippen molar-refractivity contribution < 1.29 is 9.53 Å². The molecular weight excluding hydrogens is 292 g/mol. The van der Waals surface area contributed by atoms with Gasteiger partial charge in [0, 0.05) is 31.4 Å². The van der Waals surface area contributed by atoms with Gasteiger partial charge in [-0.3, -0.25) is 4.79 Å². The van der Waals surface area contributed by atoms with Crippen molar-refractivity contribution in [3.05, 3.63) is 23.9 Å². The highest BCUT2D eigenvalue weighted by Crippen LogP contribution is 2.18. The molecule has 2 fully saturated rings. The minimum absolute atomic E-state index is 0.0596. The molecule has 2 atom stereocenters. The number of amides is 1. The molecule has 0 aromatic carbocycles. The average molecular weight is 318 g/mol. The van der Waals surface area contributed by atoms with Crippen LogP contribution in [0.1, 0.15) is 25.5 Å². The fourth-order valence-electron chi connectivity index (χ4n) is 3.28. The van der Waals surface area contributed by atoms with Crippen molar-refractivity contribution >= 4 is 11.7 Å². The van der Waals surface area contributed by atoms with Gasteiger partial charge >= 0.3 is 0 Å².